The fourth-order valence-electron chi connectivity index (χ4n) is 4.81. The predicted octanol–water partition coefficient (Wildman–Crippen LogP) is -5.25. The third-order valence-corrected chi connectivity index (χ3v) is 7.50. The van der Waals surface area contributed by atoms with Gasteiger partial charge in [-0.3, -0.25) is 0 Å². The van der Waals surface area contributed by atoms with E-state index in [2.05, 4.69) is 0 Å². The van der Waals surface area contributed by atoms with Crippen LogP contribution in [0.15, 0.2) is 18.2 Å². The molecule has 11 N–H and O–H groups in total. The highest BCUT2D eigenvalue weighted by molar-refractivity contribution is 5.40. The van der Waals surface area contributed by atoms with Gasteiger partial charge in [0.2, 0.25) is 0 Å². The summed E-state index contributed by atoms with van der Waals surface area (Å²) in [5, 5.41) is 111. The molecule has 4 rings (SSSR count). The molecule has 17 nitrogen and oxygen atoms in total. The van der Waals surface area contributed by atoms with E-state index >= 15 is 0 Å². The van der Waals surface area contributed by atoms with Crippen LogP contribution in [0.4, 0.5) is 0 Å². The van der Waals surface area contributed by atoms with Gasteiger partial charge < -0.3 is 84.6 Å². The normalized spacial score (nSPS) is 42.6. The fourth-order valence-corrected chi connectivity index (χ4v) is 4.81. The first-order valence-electron chi connectivity index (χ1n) is 13.2. The van der Waals surface area contributed by atoms with Gasteiger partial charge in [0.05, 0.1) is 33.0 Å². The van der Waals surface area contributed by atoms with E-state index in [9.17, 15) is 56.2 Å². The highest BCUT2D eigenvalue weighted by Crippen LogP contribution is 2.32. The minimum Gasteiger partial charge on any atom is -0.504 e. The Morgan fingerprint density at radius 1 is 0.786 bits per heavy atom. The Balaban J connectivity index is 1.46. The van der Waals surface area contributed by atoms with Crippen LogP contribution in [0, 0.1) is 0 Å². The first kappa shape index (κ1) is 33.1. The minimum atomic E-state index is -2.05. The van der Waals surface area contributed by atoms with Gasteiger partial charge in [-0.25, -0.2) is 0 Å². The second-order valence-corrected chi connectivity index (χ2v) is 10.5. The van der Waals surface area contributed by atoms with Crippen molar-refractivity contribution in [3.05, 3.63) is 23.8 Å². The van der Waals surface area contributed by atoms with Gasteiger partial charge in [-0.15, -0.1) is 0 Å². The molecule has 3 saturated heterocycles. The SMILES string of the molecule is OCC1OC(OCC2OC(OCCc3ccc(O)c(O)c3)C(O)C(OC3OCC(O)(CO)C3O)C2O)C(O)C(O)C1O. The molecule has 3 aliphatic rings. The van der Waals surface area contributed by atoms with Gasteiger partial charge in [-0.05, 0) is 24.1 Å². The molecule has 240 valence electrons. The van der Waals surface area contributed by atoms with Crippen molar-refractivity contribution >= 4 is 0 Å². The zero-order chi connectivity index (χ0) is 30.8. The average molecular weight is 611 g/mol. The summed E-state index contributed by atoms with van der Waals surface area (Å²) in [4.78, 5) is 0. The Hall–Kier alpha value is -1.78. The number of phenols is 2. The molecule has 13 unspecified atom stereocenters. The maximum Gasteiger partial charge on any atom is 0.187 e. The number of phenolic OH excluding ortho intramolecular Hbond substituents is 2. The van der Waals surface area contributed by atoms with Crippen LogP contribution in [0.1, 0.15) is 5.56 Å². The number of hydrogen-bond donors (Lipinski definition) is 11. The number of hydrogen-bond acceptors (Lipinski definition) is 17. The Labute approximate surface area is 239 Å². The summed E-state index contributed by atoms with van der Waals surface area (Å²) in [7, 11) is 0. The molecule has 0 aromatic heterocycles. The van der Waals surface area contributed by atoms with Crippen molar-refractivity contribution in [2.45, 2.75) is 85.8 Å². The van der Waals surface area contributed by atoms with Crippen LogP contribution < -0.4 is 0 Å². The van der Waals surface area contributed by atoms with Crippen molar-refractivity contribution in [1.82, 2.24) is 0 Å². The molecule has 1 aromatic carbocycles. The van der Waals surface area contributed by atoms with E-state index in [4.69, 9.17) is 28.4 Å². The number of rotatable bonds is 11. The van der Waals surface area contributed by atoms with Crippen LogP contribution in [0.3, 0.4) is 0 Å². The van der Waals surface area contributed by atoms with Gasteiger partial charge in [0.25, 0.3) is 0 Å². The summed E-state index contributed by atoms with van der Waals surface area (Å²) in [6.07, 6.45) is -18.9. The Kier molecular flexibility index (Phi) is 11.0. The first-order chi connectivity index (χ1) is 19.9. The number of ether oxygens (including phenoxy) is 6. The van der Waals surface area contributed by atoms with Gasteiger partial charge in [-0.2, -0.15) is 0 Å². The lowest BCUT2D eigenvalue weighted by Crippen LogP contribution is -2.63. The van der Waals surface area contributed by atoms with Gasteiger partial charge in [-0.1, -0.05) is 6.07 Å². The molecule has 3 heterocycles. The summed E-state index contributed by atoms with van der Waals surface area (Å²) in [6, 6.07) is 4.12. The van der Waals surface area contributed by atoms with Crippen LogP contribution in [0.2, 0.25) is 0 Å². The molecule has 3 fully saturated rings. The molecular weight excluding hydrogens is 572 g/mol. The summed E-state index contributed by atoms with van der Waals surface area (Å²) in [5.74, 6) is -0.659. The molecule has 3 aliphatic heterocycles. The summed E-state index contributed by atoms with van der Waals surface area (Å²) < 4.78 is 33.0. The quantitative estimate of drug-likeness (QED) is 0.104. The maximum absolute atomic E-state index is 11.0. The predicted molar refractivity (Wildman–Crippen MR) is 132 cm³/mol. The van der Waals surface area contributed by atoms with E-state index in [-0.39, 0.29) is 24.5 Å². The Morgan fingerprint density at radius 2 is 1.48 bits per heavy atom. The number of aliphatic hydroxyl groups excluding tert-OH is 8. The molecule has 13 atom stereocenters. The van der Waals surface area contributed by atoms with Gasteiger partial charge >= 0.3 is 0 Å². The fraction of sp³-hybridized carbons (Fsp3) is 0.760. The molecule has 0 bridgehead atoms. The number of aliphatic hydroxyl groups is 9. The second kappa shape index (κ2) is 13.9. The van der Waals surface area contributed by atoms with E-state index in [0.29, 0.717) is 5.56 Å². The smallest absolute Gasteiger partial charge is 0.187 e. The van der Waals surface area contributed by atoms with E-state index in [1.165, 1.54) is 18.2 Å². The number of aromatic hydroxyl groups is 2. The van der Waals surface area contributed by atoms with E-state index in [1.54, 1.807) is 0 Å². The summed E-state index contributed by atoms with van der Waals surface area (Å²) in [5.41, 5.74) is -1.49. The zero-order valence-corrected chi connectivity index (χ0v) is 22.3. The molecule has 0 amide bonds. The summed E-state index contributed by atoms with van der Waals surface area (Å²) in [6.45, 7) is -2.72. The van der Waals surface area contributed by atoms with Gasteiger partial charge in [0.1, 0.15) is 60.5 Å². The van der Waals surface area contributed by atoms with E-state index < -0.39 is 106 Å². The highest BCUT2D eigenvalue weighted by Gasteiger charge is 2.53. The standard InChI is InChI=1S/C25H38O17/c26-6-13-15(30)17(32)18(33)22(40-13)38-7-14-16(31)20(42-24-21(35)25(36,8-27)9-39-24)19(34)23(41-14)37-4-3-10-1-2-11(28)12(29)5-10/h1-2,5,13-24,26-36H,3-4,6-9H2. The minimum absolute atomic E-state index is 0.0954. The lowest BCUT2D eigenvalue weighted by molar-refractivity contribution is -0.345. The first-order valence-corrected chi connectivity index (χ1v) is 13.2. The lowest BCUT2D eigenvalue weighted by Gasteiger charge is -2.44. The van der Waals surface area contributed by atoms with Crippen LogP contribution in [-0.2, 0) is 34.8 Å². The van der Waals surface area contributed by atoms with Crippen LogP contribution in [0.5, 0.6) is 11.5 Å². The zero-order valence-electron chi connectivity index (χ0n) is 22.3. The van der Waals surface area contributed by atoms with Crippen molar-refractivity contribution in [2.75, 3.05) is 33.0 Å². The molecule has 42 heavy (non-hydrogen) atoms. The van der Waals surface area contributed by atoms with Crippen molar-refractivity contribution < 1.29 is 84.6 Å². The lowest BCUT2D eigenvalue weighted by atomic mass is 9.97. The van der Waals surface area contributed by atoms with Crippen LogP contribution in [0.25, 0.3) is 0 Å². The largest absolute Gasteiger partial charge is 0.504 e. The molecule has 0 aliphatic carbocycles. The van der Waals surface area contributed by atoms with Crippen LogP contribution >= 0.6 is 0 Å². The molecule has 1 aromatic rings. The third kappa shape index (κ3) is 6.96. The molecule has 0 spiro atoms. The van der Waals surface area contributed by atoms with Crippen molar-refractivity contribution in [1.29, 1.82) is 0 Å². The monoisotopic (exact) mass is 610 g/mol. The second-order valence-electron chi connectivity index (χ2n) is 10.5. The third-order valence-electron chi connectivity index (χ3n) is 7.50. The average Bonchev–Trinajstić information content (AvgIpc) is 3.26. The van der Waals surface area contributed by atoms with Crippen molar-refractivity contribution in [2.24, 2.45) is 0 Å². The van der Waals surface area contributed by atoms with Crippen molar-refractivity contribution in [3.8, 4) is 11.5 Å². The molecule has 0 radical (unpaired) electrons. The van der Waals surface area contributed by atoms with Crippen LogP contribution in [-0.4, -0.2) is 169 Å². The van der Waals surface area contributed by atoms with Gasteiger partial charge in [0, 0.05) is 0 Å². The summed E-state index contributed by atoms with van der Waals surface area (Å²) >= 11 is 0. The molecular formula is C25H38O17. The highest BCUT2D eigenvalue weighted by atomic mass is 16.7. The Morgan fingerprint density at radius 3 is 2.12 bits per heavy atom. The number of benzene rings is 1. The van der Waals surface area contributed by atoms with Crippen molar-refractivity contribution in [3.63, 3.8) is 0 Å². The van der Waals surface area contributed by atoms with Gasteiger partial charge in [0.15, 0.2) is 30.4 Å². The van der Waals surface area contributed by atoms with E-state index in [0.717, 1.165) is 0 Å². The molecule has 17 heteroatoms. The molecule has 0 saturated carbocycles. The van der Waals surface area contributed by atoms with E-state index in [1.807, 2.05) is 0 Å². The topological polar surface area (TPSA) is 278 Å². The maximum atomic E-state index is 11.0. The Bertz CT molecular complexity index is 1010.